The molecule has 0 heterocycles. The second-order valence-electron chi connectivity index (χ2n) is 5.21. The summed E-state index contributed by atoms with van der Waals surface area (Å²) < 4.78 is 10.0. The number of esters is 1. The zero-order chi connectivity index (χ0) is 19.1. The van der Waals surface area contributed by atoms with Crippen LogP contribution in [-0.4, -0.2) is 30.0 Å². The van der Waals surface area contributed by atoms with E-state index in [1.165, 1.54) is 24.3 Å². The van der Waals surface area contributed by atoms with Crippen LogP contribution < -0.4 is 10.1 Å². The van der Waals surface area contributed by atoms with E-state index >= 15 is 0 Å². The number of amides is 1. The van der Waals surface area contributed by atoms with E-state index in [2.05, 4.69) is 5.32 Å². The number of carbonyl (C=O) groups is 2. The number of nitrogens with zero attached hydrogens (tertiary/aromatic N) is 1. The summed E-state index contributed by atoms with van der Waals surface area (Å²) in [5, 5.41) is 13.5. The molecule has 0 unspecified atom stereocenters. The zero-order valence-corrected chi connectivity index (χ0v) is 14.5. The molecule has 0 aliphatic carbocycles. The second-order valence-corrected chi connectivity index (χ2v) is 5.61. The molecule has 1 N–H and O–H groups in total. The van der Waals surface area contributed by atoms with Crippen molar-refractivity contribution in [3.63, 3.8) is 0 Å². The number of nitro benzene ring substituents is 1. The SMILES string of the molecule is Cc1ccc(Cl)c(OCC(=O)OCC(=O)Nc2ccccc2[N+](=O)[O-])c1. The molecule has 2 aromatic rings. The van der Waals surface area contributed by atoms with Gasteiger partial charge in [0.25, 0.3) is 11.6 Å². The molecule has 0 fully saturated rings. The van der Waals surface area contributed by atoms with Crippen molar-refractivity contribution in [3.05, 3.63) is 63.2 Å². The van der Waals surface area contributed by atoms with Crippen molar-refractivity contribution >= 4 is 34.9 Å². The summed E-state index contributed by atoms with van der Waals surface area (Å²) in [7, 11) is 0. The Hall–Kier alpha value is -3.13. The lowest BCUT2D eigenvalue weighted by molar-refractivity contribution is -0.383. The number of rotatable bonds is 7. The van der Waals surface area contributed by atoms with Gasteiger partial charge in [0.2, 0.25) is 0 Å². The van der Waals surface area contributed by atoms with Gasteiger partial charge in [0.05, 0.1) is 9.95 Å². The van der Waals surface area contributed by atoms with E-state index in [4.69, 9.17) is 21.1 Å². The second kappa shape index (κ2) is 8.82. The van der Waals surface area contributed by atoms with Gasteiger partial charge in [0.1, 0.15) is 11.4 Å². The van der Waals surface area contributed by atoms with E-state index in [0.29, 0.717) is 10.8 Å². The number of anilines is 1. The lowest BCUT2D eigenvalue weighted by Gasteiger charge is -2.09. The van der Waals surface area contributed by atoms with Crippen LogP contribution >= 0.6 is 11.6 Å². The van der Waals surface area contributed by atoms with Crippen molar-refractivity contribution in [3.8, 4) is 5.75 Å². The molecule has 1 amide bonds. The Bertz CT molecular complexity index is 840. The van der Waals surface area contributed by atoms with E-state index in [-0.39, 0.29) is 11.4 Å². The molecule has 0 saturated heterocycles. The van der Waals surface area contributed by atoms with E-state index in [0.717, 1.165) is 5.56 Å². The van der Waals surface area contributed by atoms with E-state index < -0.39 is 30.0 Å². The quantitative estimate of drug-likeness (QED) is 0.450. The standard InChI is InChI=1S/C17H15ClN2O6/c1-11-6-7-12(18)15(8-11)25-10-17(22)26-9-16(21)19-13-4-2-3-5-14(13)20(23)24/h2-8H,9-10H2,1H3,(H,19,21). The molecule has 0 aliphatic rings. The third-order valence-electron chi connectivity index (χ3n) is 3.17. The summed E-state index contributed by atoms with van der Waals surface area (Å²) in [5.74, 6) is -1.16. The normalized spacial score (nSPS) is 10.1. The van der Waals surface area contributed by atoms with Crippen molar-refractivity contribution in [2.24, 2.45) is 0 Å². The number of ether oxygens (including phenoxy) is 2. The molecule has 8 nitrogen and oxygen atoms in total. The Morgan fingerprint density at radius 1 is 1.19 bits per heavy atom. The molecule has 0 bridgehead atoms. The largest absolute Gasteiger partial charge is 0.480 e. The van der Waals surface area contributed by atoms with Crippen LogP contribution in [0.3, 0.4) is 0 Å². The summed E-state index contributed by atoms with van der Waals surface area (Å²) in [5.41, 5.74) is 0.660. The van der Waals surface area contributed by atoms with Crippen LogP contribution in [0.4, 0.5) is 11.4 Å². The molecule has 136 valence electrons. The van der Waals surface area contributed by atoms with Gasteiger partial charge in [-0.2, -0.15) is 0 Å². The van der Waals surface area contributed by atoms with Crippen LogP contribution in [-0.2, 0) is 14.3 Å². The lowest BCUT2D eigenvalue weighted by atomic mass is 10.2. The highest BCUT2D eigenvalue weighted by atomic mass is 35.5. The Morgan fingerprint density at radius 3 is 2.65 bits per heavy atom. The summed E-state index contributed by atoms with van der Waals surface area (Å²) in [6, 6.07) is 10.7. The summed E-state index contributed by atoms with van der Waals surface area (Å²) in [6.45, 7) is 0.812. The Labute approximate surface area is 153 Å². The lowest BCUT2D eigenvalue weighted by Crippen LogP contribution is -2.24. The molecule has 0 spiro atoms. The number of para-hydroxylation sites is 2. The van der Waals surface area contributed by atoms with Gasteiger partial charge in [0.15, 0.2) is 13.2 Å². The summed E-state index contributed by atoms with van der Waals surface area (Å²) >= 11 is 5.94. The smallest absolute Gasteiger partial charge is 0.344 e. The predicted molar refractivity (Wildman–Crippen MR) is 94.4 cm³/mol. The first-order chi connectivity index (χ1) is 12.4. The number of halogens is 1. The van der Waals surface area contributed by atoms with Crippen LogP contribution in [0, 0.1) is 17.0 Å². The highest BCUT2D eigenvalue weighted by molar-refractivity contribution is 6.32. The Balaban J connectivity index is 1.83. The van der Waals surface area contributed by atoms with Crippen LogP contribution in [0.5, 0.6) is 5.75 Å². The monoisotopic (exact) mass is 378 g/mol. The van der Waals surface area contributed by atoms with Crippen molar-refractivity contribution in [1.82, 2.24) is 0 Å². The maximum atomic E-state index is 11.8. The fraction of sp³-hybridized carbons (Fsp3) is 0.176. The average Bonchev–Trinajstić information content (AvgIpc) is 2.61. The Morgan fingerprint density at radius 2 is 1.92 bits per heavy atom. The van der Waals surface area contributed by atoms with Crippen molar-refractivity contribution < 1.29 is 24.0 Å². The summed E-state index contributed by atoms with van der Waals surface area (Å²) in [6.07, 6.45) is 0. The summed E-state index contributed by atoms with van der Waals surface area (Å²) in [4.78, 5) is 33.7. The van der Waals surface area contributed by atoms with Gasteiger partial charge in [-0.25, -0.2) is 4.79 Å². The molecule has 2 aromatic carbocycles. The molecule has 0 aromatic heterocycles. The highest BCUT2D eigenvalue weighted by Gasteiger charge is 2.16. The van der Waals surface area contributed by atoms with Crippen molar-refractivity contribution in [1.29, 1.82) is 0 Å². The van der Waals surface area contributed by atoms with Crippen molar-refractivity contribution in [2.75, 3.05) is 18.5 Å². The van der Waals surface area contributed by atoms with Crippen LogP contribution in [0.2, 0.25) is 5.02 Å². The minimum Gasteiger partial charge on any atom is -0.480 e. The average molecular weight is 379 g/mol. The van der Waals surface area contributed by atoms with Crippen LogP contribution in [0.25, 0.3) is 0 Å². The molecular formula is C17H15ClN2O6. The fourth-order valence-electron chi connectivity index (χ4n) is 1.97. The Kier molecular flexibility index (Phi) is 6.51. The van der Waals surface area contributed by atoms with E-state index in [1.54, 1.807) is 18.2 Å². The maximum absolute atomic E-state index is 11.8. The third kappa shape index (κ3) is 5.45. The van der Waals surface area contributed by atoms with Gasteiger partial charge in [-0.1, -0.05) is 29.8 Å². The number of nitrogens with one attached hydrogen (secondary N) is 1. The number of nitro groups is 1. The zero-order valence-electron chi connectivity index (χ0n) is 13.7. The molecule has 0 saturated carbocycles. The first-order valence-electron chi connectivity index (χ1n) is 7.44. The molecule has 9 heteroatoms. The number of carbonyl (C=O) groups excluding carboxylic acids is 2. The van der Waals surface area contributed by atoms with Gasteiger partial charge in [0, 0.05) is 6.07 Å². The molecule has 26 heavy (non-hydrogen) atoms. The number of benzene rings is 2. The molecule has 0 aliphatic heterocycles. The van der Waals surface area contributed by atoms with E-state index in [1.807, 2.05) is 6.92 Å². The van der Waals surface area contributed by atoms with E-state index in [9.17, 15) is 19.7 Å². The van der Waals surface area contributed by atoms with Gasteiger partial charge >= 0.3 is 5.97 Å². The number of aryl methyl sites for hydroxylation is 1. The minimum absolute atomic E-state index is 0.0151. The van der Waals surface area contributed by atoms with Crippen molar-refractivity contribution in [2.45, 2.75) is 6.92 Å². The van der Waals surface area contributed by atoms with Gasteiger partial charge in [-0.3, -0.25) is 14.9 Å². The predicted octanol–water partition coefficient (Wildman–Crippen LogP) is 3.12. The molecular weight excluding hydrogens is 364 g/mol. The maximum Gasteiger partial charge on any atom is 0.344 e. The van der Waals surface area contributed by atoms with Gasteiger partial charge < -0.3 is 14.8 Å². The van der Waals surface area contributed by atoms with Gasteiger partial charge in [-0.05, 0) is 30.7 Å². The number of hydrogen-bond acceptors (Lipinski definition) is 6. The topological polar surface area (TPSA) is 108 Å². The van der Waals surface area contributed by atoms with Crippen LogP contribution in [0.15, 0.2) is 42.5 Å². The van der Waals surface area contributed by atoms with Crippen LogP contribution in [0.1, 0.15) is 5.56 Å². The molecule has 2 rings (SSSR count). The molecule has 0 atom stereocenters. The number of hydrogen-bond donors (Lipinski definition) is 1. The third-order valence-corrected chi connectivity index (χ3v) is 3.48. The molecule has 0 radical (unpaired) electrons. The van der Waals surface area contributed by atoms with Gasteiger partial charge in [-0.15, -0.1) is 0 Å². The fourth-order valence-corrected chi connectivity index (χ4v) is 2.14. The minimum atomic E-state index is -0.778. The highest BCUT2D eigenvalue weighted by Crippen LogP contribution is 2.25. The first-order valence-corrected chi connectivity index (χ1v) is 7.82. The first kappa shape index (κ1) is 19.2.